The van der Waals surface area contributed by atoms with Gasteiger partial charge in [0.15, 0.2) is 0 Å². The van der Waals surface area contributed by atoms with E-state index in [1.165, 1.54) is 4.88 Å². The molecule has 26 heavy (non-hydrogen) atoms. The molecule has 0 saturated carbocycles. The average molecular weight is 388 g/mol. The van der Waals surface area contributed by atoms with E-state index < -0.39 is 5.91 Å². The van der Waals surface area contributed by atoms with E-state index in [0.29, 0.717) is 11.1 Å². The van der Waals surface area contributed by atoms with Crippen LogP contribution in [0.3, 0.4) is 0 Å². The second-order valence-corrected chi connectivity index (χ2v) is 8.03. The Labute approximate surface area is 161 Å². The number of aryl methyl sites for hydroxylation is 1. The summed E-state index contributed by atoms with van der Waals surface area (Å²) in [6, 6.07) is 10.8. The molecule has 136 valence electrons. The van der Waals surface area contributed by atoms with E-state index in [1.807, 2.05) is 25.3 Å². The number of nitrogens with one attached hydrogen (secondary N) is 2. The molecule has 0 bridgehead atoms. The first-order valence-corrected chi connectivity index (χ1v) is 9.98. The van der Waals surface area contributed by atoms with E-state index in [9.17, 15) is 9.59 Å². The Kier molecular flexibility index (Phi) is 7.17. The molecule has 5 nitrogen and oxygen atoms in total. The minimum absolute atomic E-state index is 0.197. The predicted molar refractivity (Wildman–Crippen MR) is 109 cm³/mol. The number of hydrogen-bond donors (Lipinski definition) is 2. The van der Waals surface area contributed by atoms with Crippen molar-refractivity contribution in [2.75, 3.05) is 6.26 Å². The molecule has 0 fully saturated rings. The minimum Gasteiger partial charge on any atom is -0.317 e. The van der Waals surface area contributed by atoms with Crippen molar-refractivity contribution in [3.63, 3.8) is 0 Å². The van der Waals surface area contributed by atoms with Gasteiger partial charge in [0, 0.05) is 16.0 Å². The Morgan fingerprint density at radius 1 is 1.19 bits per heavy atom. The van der Waals surface area contributed by atoms with Crippen LogP contribution in [0.2, 0.25) is 0 Å². The minimum atomic E-state index is -0.455. The molecule has 1 aromatic heterocycles. The quantitative estimate of drug-likeness (QED) is 0.341. The summed E-state index contributed by atoms with van der Waals surface area (Å²) in [6.45, 7) is 5.55. The number of amides is 2. The molecule has 1 aromatic carbocycles. The fraction of sp³-hybridized carbons (Fsp3) is 0.211. The highest BCUT2D eigenvalue weighted by Gasteiger charge is 2.15. The van der Waals surface area contributed by atoms with Crippen LogP contribution in [0.1, 0.15) is 34.6 Å². The molecule has 2 aromatic rings. The number of nitrogens with zero attached hydrogens (tertiary/aromatic N) is 1. The smallest absolute Gasteiger partial charge is 0.287 e. The van der Waals surface area contributed by atoms with E-state index in [0.717, 1.165) is 9.77 Å². The normalized spacial score (nSPS) is 10.6. The second kappa shape index (κ2) is 9.35. The van der Waals surface area contributed by atoms with Gasteiger partial charge < -0.3 is 5.32 Å². The van der Waals surface area contributed by atoms with Crippen LogP contribution in [-0.4, -0.2) is 24.3 Å². The van der Waals surface area contributed by atoms with Crippen molar-refractivity contribution >= 4 is 41.1 Å². The van der Waals surface area contributed by atoms with Gasteiger partial charge in [-0.2, -0.15) is 5.10 Å². The maximum absolute atomic E-state index is 12.4. The van der Waals surface area contributed by atoms with Crippen molar-refractivity contribution in [2.45, 2.75) is 25.0 Å². The summed E-state index contributed by atoms with van der Waals surface area (Å²) in [4.78, 5) is 25.9. The molecule has 2 N–H and O–H groups in total. The van der Waals surface area contributed by atoms with E-state index in [4.69, 9.17) is 0 Å². The van der Waals surface area contributed by atoms with Crippen LogP contribution < -0.4 is 10.7 Å². The maximum Gasteiger partial charge on any atom is 0.287 e. The summed E-state index contributed by atoms with van der Waals surface area (Å²) in [5.74, 6) is -0.790. The topological polar surface area (TPSA) is 70.6 Å². The number of allylic oxidation sites excluding steroid dienone is 1. The third-order valence-electron chi connectivity index (χ3n) is 3.40. The summed E-state index contributed by atoms with van der Waals surface area (Å²) in [7, 11) is 0. The highest BCUT2D eigenvalue weighted by Crippen LogP contribution is 2.28. The van der Waals surface area contributed by atoms with Crippen LogP contribution in [0, 0.1) is 6.92 Å². The first-order valence-electron chi connectivity index (χ1n) is 7.94. The van der Waals surface area contributed by atoms with Gasteiger partial charge in [0.2, 0.25) is 0 Å². The molecule has 0 aliphatic carbocycles. The lowest BCUT2D eigenvalue weighted by atomic mass is 10.2. The Bertz CT molecular complexity index is 851. The number of thiophene rings is 1. The highest BCUT2D eigenvalue weighted by atomic mass is 32.2. The van der Waals surface area contributed by atoms with E-state index in [2.05, 4.69) is 15.8 Å². The fourth-order valence-corrected chi connectivity index (χ4v) is 3.95. The molecule has 0 spiro atoms. The molecule has 0 atom stereocenters. The molecule has 0 radical (unpaired) electrons. The van der Waals surface area contributed by atoms with Gasteiger partial charge in [-0.1, -0.05) is 18.2 Å². The van der Waals surface area contributed by atoms with Gasteiger partial charge >= 0.3 is 0 Å². The first-order chi connectivity index (χ1) is 12.4. The zero-order valence-corrected chi connectivity index (χ0v) is 16.8. The zero-order valence-electron chi connectivity index (χ0n) is 15.1. The lowest BCUT2D eigenvalue weighted by molar-refractivity contribution is -0.117. The summed E-state index contributed by atoms with van der Waals surface area (Å²) in [6.07, 6.45) is 3.62. The second-order valence-electron chi connectivity index (χ2n) is 5.70. The molecule has 0 aliphatic rings. The van der Waals surface area contributed by atoms with E-state index in [1.54, 1.807) is 67.4 Å². The average Bonchev–Trinajstić information content (AvgIpc) is 2.99. The van der Waals surface area contributed by atoms with Crippen molar-refractivity contribution in [3.8, 4) is 0 Å². The van der Waals surface area contributed by atoms with Crippen molar-refractivity contribution in [1.82, 2.24) is 10.7 Å². The Morgan fingerprint density at radius 3 is 2.50 bits per heavy atom. The Balaban J connectivity index is 2.06. The van der Waals surface area contributed by atoms with Gasteiger partial charge in [-0.05, 0) is 50.8 Å². The molecular weight excluding hydrogens is 366 g/mol. The SMILES string of the molecule is CSc1sc(C)cc1C=NNC(=O)C(NC(=O)c1ccccc1)=C(C)C. The lowest BCUT2D eigenvalue weighted by Gasteiger charge is -2.10. The molecule has 7 heteroatoms. The van der Waals surface area contributed by atoms with Crippen LogP contribution in [-0.2, 0) is 4.79 Å². The molecule has 2 amide bonds. The summed E-state index contributed by atoms with van der Waals surface area (Å²) in [5.41, 5.74) is 4.82. The van der Waals surface area contributed by atoms with Gasteiger partial charge in [-0.25, -0.2) is 5.43 Å². The van der Waals surface area contributed by atoms with Gasteiger partial charge in [-0.15, -0.1) is 23.1 Å². The standard InChI is InChI=1S/C19H21N3O2S2/c1-12(2)16(21-17(23)14-8-6-5-7-9-14)18(24)22-20-11-15-10-13(3)26-19(15)25-4/h5-11H,1-4H3,(H,21,23)(H,22,24). The number of hydrogen-bond acceptors (Lipinski definition) is 5. The van der Waals surface area contributed by atoms with Crippen molar-refractivity contribution in [3.05, 3.63) is 63.7 Å². The van der Waals surface area contributed by atoms with Crippen LogP contribution >= 0.6 is 23.1 Å². The van der Waals surface area contributed by atoms with Crippen LogP contribution in [0.5, 0.6) is 0 Å². The monoisotopic (exact) mass is 387 g/mol. The number of benzene rings is 1. The van der Waals surface area contributed by atoms with Gasteiger partial charge in [0.05, 0.1) is 10.4 Å². The highest BCUT2D eigenvalue weighted by molar-refractivity contribution is 8.00. The summed E-state index contributed by atoms with van der Waals surface area (Å²) < 4.78 is 1.14. The number of carbonyl (C=O) groups excluding carboxylic acids is 2. The zero-order chi connectivity index (χ0) is 19.1. The molecule has 1 heterocycles. The molecule has 0 aliphatic heterocycles. The van der Waals surface area contributed by atoms with Crippen LogP contribution in [0.25, 0.3) is 0 Å². The van der Waals surface area contributed by atoms with Crippen molar-refractivity contribution in [2.24, 2.45) is 5.10 Å². The van der Waals surface area contributed by atoms with Gasteiger partial charge in [0.25, 0.3) is 11.8 Å². The fourth-order valence-electron chi connectivity index (χ4n) is 2.16. The van der Waals surface area contributed by atoms with Crippen LogP contribution in [0.15, 0.2) is 57.0 Å². The third-order valence-corrected chi connectivity index (χ3v) is 5.62. The Hall–Kier alpha value is -2.38. The van der Waals surface area contributed by atoms with Crippen LogP contribution in [0.4, 0.5) is 0 Å². The molecule has 2 rings (SSSR count). The number of thioether (sulfide) groups is 1. The third kappa shape index (κ3) is 5.31. The number of carbonyl (C=O) groups is 2. The summed E-state index contributed by atoms with van der Waals surface area (Å²) in [5, 5.41) is 6.69. The van der Waals surface area contributed by atoms with Gasteiger partial charge in [-0.3, -0.25) is 9.59 Å². The summed E-state index contributed by atoms with van der Waals surface area (Å²) >= 11 is 3.32. The first kappa shape index (κ1) is 19.9. The van der Waals surface area contributed by atoms with Crippen molar-refractivity contribution in [1.29, 1.82) is 0 Å². The number of rotatable bonds is 6. The molecule has 0 unspecified atom stereocenters. The number of hydrazone groups is 1. The maximum atomic E-state index is 12.4. The molecule has 0 saturated heterocycles. The largest absolute Gasteiger partial charge is 0.317 e. The predicted octanol–water partition coefficient (Wildman–Crippen LogP) is 3.95. The lowest BCUT2D eigenvalue weighted by Crippen LogP contribution is -2.33. The van der Waals surface area contributed by atoms with Crippen molar-refractivity contribution < 1.29 is 9.59 Å². The van der Waals surface area contributed by atoms with E-state index in [-0.39, 0.29) is 11.6 Å². The van der Waals surface area contributed by atoms with E-state index >= 15 is 0 Å². The van der Waals surface area contributed by atoms with Gasteiger partial charge in [0.1, 0.15) is 5.70 Å². The Morgan fingerprint density at radius 2 is 1.88 bits per heavy atom. The molecular formula is C19H21N3O2S2.